The monoisotopic (exact) mass is 404 g/mol. The van der Waals surface area contributed by atoms with Crippen LogP contribution >= 0.6 is 0 Å². The van der Waals surface area contributed by atoms with Crippen LogP contribution in [0, 0.1) is 5.82 Å². The second-order valence-corrected chi connectivity index (χ2v) is 7.92. The van der Waals surface area contributed by atoms with Gasteiger partial charge in [-0.05, 0) is 32.3 Å². The number of piperidine rings is 1. The molecule has 4 heterocycles. The third-order valence-electron chi connectivity index (χ3n) is 5.90. The molecular formula is C19H25FN6O3. The Balaban J connectivity index is 1.42. The van der Waals surface area contributed by atoms with E-state index in [-0.39, 0.29) is 12.5 Å². The van der Waals surface area contributed by atoms with E-state index in [0.717, 1.165) is 12.4 Å². The average molecular weight is 404 g/mol. The van der Waals surface area contributed by atoms with Crippen molar-refractivity contribution in [3.05, 3.63) is 36.7 Å². The largest absolute Gasteiger partial charge is 0.388 e. The molecule has 0 radical (unpaired) electrons. The fraction of sp³-hybridized carbons (Fsp3) is 0.579. The summed E-state index contributed by atoms with van der Waals surface area (Å²) in [5.41, 5.74) is -1.54. The summed E-state index contributed by atoms with van der Waals surface area (Å²) in [6.07, 6.45) is 6.39. The number of carbonyl (C=O) groups is 1. The van der Waals surface area contributed by atoms with Crippen LogP contribution in [0.3, 0.4) is 0 Å². The summed E-state index contributed by atoms with van der Waals surface area (Å²) in [5.74, 6) is -0.221. The predicted octanol–water partition coefficient (Wildman–Crippen LogP) is 0.507. The molecule has 2 saturated heterocycles. The third-order valence-corrected chi connectivity index (χ3v) is 5.90. The highest BCUT2D eigenvalue weighted by molar-refractivity contribution is 5.76. The van der Waals surface area contributed by atoms with E-state index in [1.807, 2.05) is 11.8 Å². The minimum atomic E-state index is -0.860. The number of ether oxygens (including phenoxy) is 1. The summed E-state index contributed by atoms with van der Waals surface area (Å²) in [7, 11) is 0. The number of nitrogens with zero attached hydrogens (tertiary/aromatic N) is 5. The molecule has 29 heavy (non-hydrogen) atoms. The summed E-state index contributed by atoms with van der Waals surface area (Å²) in [5, 5.41) is 18.2. The van der Waals surface area contributed by atoms with Crippen molar-refractivity contribution in [2.75, 3.05) is 24.6 Å². The molecule has 2 aromatic heterocycles. The van der Waals surface area contributed by atoms with E-state index in [4.69, 9.17) is 4.74 Å². The average Bonchev–Trinajstić information content (AvgIpc) is 3.20. The Morgan fingerprint density at radius 2 is 2.07 bits per heavy atom. The second-order valence-electron chi connectivity index (χ2n) is 7.92. The van der Waals surface area contributed by atoms with E-state index < -0.39 is 23.1 Å². The van der Waals surface area contributed by atoms with Crippen molar-refractivity contribution in [3.8, 4) is 0 Å². The number of aromatic nitrogens is 4. The van der Waals surface area contributed by atoms with E-state index in [0.29, 0.717) is 44.9 Å². The highest BCUT2D eigenvalue weighted by Gasteiger charge is 2.54. The Hall–Kier alpha value is -2.59. The van der Waals surface area contributed by atoms with Crippen LogP contribution in [0.2, 0.25) is 0 Å². The summed E-state index contributed by atoms with van der Waals surface area (Å²) >= 11 is 0. The predicted molar refractivity (Wildman–Crippen MR) is 102 cm³/mol. The molecule has 2 N–H and O–H groups in total. The molecular weight excluding hydrogens is 379 g/mol. The zero-order chi connectivity index (χ0) is 20.5. The van der Waals surface area contributed by atoms with Crippen LogP contribution in [0.4, 0.5) is 10.3 Å². The van der Waals surface area contributed by atoms with Gasteiger partial charge in [-0.2, -0.15) is 5.10 Å². The number of nitrogens with one attached hydrogen (secondary N) is 1. The smallest absolute Gasteiger partial charge is 0.242 e. The van der Waals surface area contributed by atoms with Gasteiger partial charge in [0.2, 0.25) is 11.9 Å². The minimum Gasteiger partial charge on any atom is -0.388 e. The molecule has 4 rings (SSSR count). The van der Waals surface area contributed by atoms with Gasteiger partial charge in [-0.15, -0.1) is 0 Å². The molecule has 0 aromatic carbocycles. The molecule has 156 valence electrons. The molecule has 0 aliphatic carbocycles. The Bertz CT molecular complexity index is 838. The number of hydrogen-bond acceptors (Lipinski definition) is 7. The quantitative estimate of drug-likeness (QED) is 0.765. The molecule has 0 bridgehead atoms. The van der Waals surface area contributed by atoms with Crippen molar-refractivity contribution in [3.63, 3.8) is 0 Å². The number of rotatable bonds is 4. The summed E-state index contributed by atoms with van der Waals surface area (Å²) < 4.78 is 20.7. The highest BCUT2D eigenvalue weighted by atomic mass is 19.1. The summed E-state index contributed by atoms with van der Waals surface area (Å²) in [6.45, 7) is 3.54. The molecule has 2 atom stereocenters. The molecule has 1 spiro atoms. The van der Waals surface area contributed by atoms with Crippen molar-refractivity contribution in [1.29, 1.82) is 0 Å². The Morgan fingerprint density at radius 3 is 2.72 bits per heavy atom. The molecule has 0 saturated carbocycles. The number of amides is 1. The first-order valence-electron chi connectivity index (χ1n) is 9.73. The molecule has 1 amide bonds. The standard InChI is InChI=1S/C19H25FN6O3/c1-18(24-15(27)13-26-7-2-6-23-26)5-10-29-19(16(18)28)3-8-25(9-4-19)17-21-11-14(20)12-22-17/h2,6-7,11-12,16,28H,3-5,8-10,13H2,1H3,(H,24,27)/t16-,18+/m1/s1. The lowest BCUT2D eigenvalue weighted by atomic mass is 9.73. The van der Waals surface area contributed by atoms with E-state index in [1.165, 1.54) is 0 Å². The Morgan fingerprint density at radius 1 is 1.34 bits per heavy atom. The summed E-state index contributed by atoms with van der Waals surface area (Å²) in [4.78, 5) is 22.5. The number of carbonyl (C=O) groups excluding carboxylic acids is 1. The minimum absolute atomic E-state index is 0.0961. The fourth-order valence-electron chi connectivity index (χ4n) is 4.26. The van der Waals surface area contributed by atoms with Crippen LogP contribution in [-0.4, -0.2) is 67.7 Å². The summed E-state index contributed by atoms with van der Waals surface area (Å²) in [6, 6.07) is 1.76. The van der Waals surface area contributed by atoms with Gasteiger partial charge in [-0.25, -0.2) is 14.4 Å². The number of halogens is 1. The second kappa shape index (κ2) is 7.68. The fourth-order valence-corrected chi connectivity index (χ4v) is 4.26. The zero-order valence-corrected chi connectivity index (χ0v) is 16.3. The molecule has 2 aromatic rings. The Kier molecular flexibility index (Phi) is 5.22. The van der Waals surface area contributed by atoms with E-state index in [1.54, 1.807) is 23.1 Å². The van der Waals surface area contributed by atoms with Gasteiger partial charge < -0.3 is 20.1 Å². The van der Waals surface area contributed by atoms with Crippen molar-refractivity contribution in [1.82, 2.24) is 25.1 Å². The molecule has 0 unspecified atom stereocenters. The SMILES string of the molecule is C[C@]1(NC(=O)Cn2cccn2)CCOC2(CCN(c3ncc(F)cn3)CC2)[C@@H]1O. The number of anilines is 1. The van der Waals surface area contributed by atoms with Gasteiger partial charge in [0.1, 0.15) is 12.6 Å². The van der Waals surface area contributed by atoms with E-state index >= 15 is 0 Å². The Labute approximate surface area is 167 Å². The third kappa shape index (κ3) is 3.95. The molecule has 10 heteroatoms. The van der Waals surface area contributed by atoms with Gasteiger partial charge >= 0.3 is 0 Å². The molecule has 9 nitrogen and oxygen atoms in total. The number of aliphatic hydroxyl groups excluding tert-OH is 1. The zero-order valence-electron chi connectivity index (χ0n) is 16.3. The highest BCUT2D eigenvalue weighted by Crippen LogP contribution is 2.40. The van der Waals surface area contributed by atoms with E-state index in [9.17, 15) is 14.3 Å². The van der Waals surface area contributed by atoms with Gasteiger partial charge in [0.05, 0.1) is 23.5 Å². The van der Waals surface area contributed by atoms with Crippen molar-refractivity contribution < 1.29 is 19.0 Å². The van der Waals surface area contributed by atoms with Crippen LogP contribution < -0.4 is 10.2 Å². The lowest BCUT2D eigenvalue weighted by Crippen LogP contribution is -2.69. The first kappa shape index (κ1) is 19.7. The lowest BCUT2D eigenvalue weighted by molar-refractivity contribution is -0.198. The van der Waals surface area contributed by atoms with Crippen LogP contribution in [-0.2, 0) is 16.1 Å². The van der Waals surface area contributed by atoms with Crippen molar-refractivity contribution >= 4 is 11.9 Å². The molecule has 2 aliphatic rings. The van der Waals surface area contributed by atoms with Crippen LogP contribution in [0.25, 0.3) is 0 Å². The molecule has 2 fully saturated rings. The maximum atomic E-state index is 13.1. The van der Waals surface area contributed by atoms with Gasteiger partial charge in [-0.3, -0.25) is 9.48 Å². The number of aliphatic hydroxyl groups is 1. The maximum absolute atomic E-state index is 13.1. The number of hydrogen-bond donors (Lipinski definition) is 2. The van der Waals surface area contributed by atoms with Crippen LogP contribution in [0.5, 0.6) is 0 Å². The van der Waals surface area contributed by atoms with Gasteiger partial charge in [0.25, 0.3) is 0 Å². The normalized spacial score (nSPS) is 26.4. The van der Waals surface area contributed by atoms with Gasteiger partial charge in [0, 0.05) is 32.1 Å². The van der Waals surface area contributed by atoms with E-state index in [2.05, 4.69) is 20.4 Å². The molecule has 2 aliphatic heterocycles. The first-order chi connectivity index (χ1) is 13.9. The van der Waals surface area contributed by atoms with Gasteiger partial charge in [-0.1, -0.05) is 0 Å². The lowest BCUT2D eigenvalue weighted by Gasteiger charge is -2.53. The maximum Gasteiger partial charge on any atom is 0.242 e. The van der Waals surface area contributed by atoms with Crippen LogP contribution in [0.15, 0.2) is 30.9 Å². The van der Waals surface area contributed by atoms with Crippen molar-refractivity contribution in [2.45, 2.75) is 50.0 Å². The van der Waals surface area contributed by atoms with Crippen molar-refractivity contribution in [2.24, 2.45) is 0 Å². The van der Waals surface area contributed by atoms with Gasteiger partial charge in [0.15, 0.2) is 5.82 Å². The van der Waals surface area contributed by atoms with Crippen LogP contribution in [0.1, 0.15) is 26.2 Å². The first-order valence-corrected chi connectivity index (χ1v) is 9.73. The topological polar surface area (TPSA) is 105 Å².